The summed E-state index contributed by atoms with van der Waals surface area (Å²) in [5.41, 5.74) is 0.0912. The average Bonchev–Trinajstić information content (AvgIpc) is 2.95. The van der Waals surface area contributed by atoms with Crippen molar-refractivity contribution in [2.24, 2.45) is 0 Å². The number of halogens is 2. The molecule has 90 valence electrons. The van der Waals surface area contributed by atoms with Crippen molar-refractivity contribution in [2.75, 3.05) is 0 Å². The molecule has 3 aromatic rings. The molecular formula is C13H6ClFO2S. The van der Waals surface area contributed by atoms with Crippen molar-refractivity contribution in [1.82, 2.24) is 0 Å². The van der Waals surface area contributed by atoms with E-state index in [0.717, 1.165) is 0 Å². The minimum absolute atomic E-state index is 0.0912. The van der Waals surface area contributed by atoms with Crippen LogP contribution < -0.4 is 0 Å². The van der Waals surface area contributed by atoms with E-state index in [0.29, 0.717) is 15.3 Å². The summed E-state index contributed by atoms with van der Waals surface area (Å²) < 4.78 is 18.7. The largest absolute Gasteiger partial charge is 0.449 e. The summed E-state index contributed by atoms with van der Waals surface area (Å²) >= 11 is 7.12. The summed E-state index contributed by atoms with van der Waals surface area (Å²) in [5.74, 6) is -0.714. The van der Waals surface area contributed by atoms with Crippen LogP contribution in [-0.4, -0.2) is 5.78 Å². The Morgan fingerprint density at radius 3 is 2.83 bits per heavy atom. The van der Waals surface area contributed by atoms with E-state index < -0.39 is 5.82 Å². The third-order valence-electron chi connectivity index (χ3n) is 2.54. The van der Waals surface area contributed by atoms with Gasteiger partial charge in [-0.2, -0.15) is 0 Å². The second kappa shape index (κ2) is 4.23. The highest BCUT2D eigenvalue weighted by Gasteiger charge is 2.19. The number of benzene rings is 1. The van der Waals surface area contributed by atoms with E-state index in [2.05, 4.69) is 0 Å². The van der Waals surface area contributed by atoms with E-state index in [-0.39, 0.29) is 17.1 Å². The van der Waals surface area contributed by atoms with Crippen LogP contribution in [0.5, 0.6) is 0 Å². The van der Waals surface area contributed by atoms with Crippen LogP contribution in [0.1, 0.15) is 15.4 Å². The molecule has 2 aromatic heterocycles. The molecular weight excluding hydrogens is 275 g/mol. The van der Waals surface area contributed by atoms with Crippen LogP contribution >= 0.6 is 22.9 Å². The zero-order chi connectivity index (χ0) is 12.7. The Kier molecular flexibility index (Phi) is 2.69. The summed E-state index contributed by atoms with van der Waals surface area (Å²) in [6.07, 6.45) is 0. The van der Waals surface area contributed by atoms with Gasteiger partial charge in [-0.15, -0.1) is 11.3 Å². The van der Waals surface area contributed by atoms with Crippen LogP contribution in [0, 0.1) is 5.82 Å². The number of fused-ring (bicyclic) bond motifs is 1. The van der Waals surface area contributed by atoms with Crippen LogP contribution in [0.15, 0.2) is 40.1 Å². The molecule has 0 atom stereocenters. The Balaban J connectivity index is 2.13. The molecule has 0 spiro atoms. The number of carbonyl (C=O) groups excluding carboxylic acids is 1. The van der Waals surface area contributed by atoms with Crippen molar-refractivity contribution < 1.29 is 13.6 Å². The highest BCUT2D eigenvalue weighted by Crippen LogP contribution is 2.28. The van der Waals surface area contributed by atoms with E-state index in [1.54, 1.807) is 23.6 Å². The van der Waals surface area contributed by atoms with Gasteiger partial charge in [0.2, 0.25) is 5.78 Å². The third-order valence-corrected chi connectivity index (χ3v) is 3.88. The minimum atomic E-state index is -0.483. The summed E-state index contributed by atoms with van der Waals surface area (Å²) in [5, 5.41) is 2.66. The Morgan fingerprint density at radius 1 is 1.33 bits per heavy atom. The molecule has 0 unspecified atom stereocenters. The van der Waals surface area contributed by atoms with Crippen LogP contribution in [-0.2, 0) is 0 Å². The molecule has 0 saturated carbocycles. The highest BCUT2D eigenvalue weighted by molar-refractivity contribution is 7.13. The molecule has 0 bridgehead atoms. The number of rotatable bonds is 2. The number of hydrogen-bond acceptors (Lipinski definition) is 3. The molecule has 1 aromatic carbocycles. The minimum Gasteiger partial charge on any atom is -0.449 e. The molecule has 0 aliphatic carbocycles. The number of hydrogen-bond donors (Lipinski definition) is 0. The van der Waals surface area contributed by atoms with Crippen molar-refractivity contribution >= 4 is 39.7 Å². The van der Waals surface area contributed by atoms with E-state index >= 15 is 0 Å². The lowest BCUT2D eigenvalue weighted by Gasteiger charge is -1.93. The van der Waals surface area contributed by atoms with Gasteiger partial charge in [0.25, 0.3) is 0 Å². The maximum absolute atomic E-state index is 13.5. The quantitative estimate of drug-likeness (QED) is 0.646. The molecule has 2 heterocycles. The van der Waals surface area contributed by atoms with Gasteiger partial charge in [0, 0.05) is 5.39 Å². The monoisotopic (exact) mass is 280 g/mol. The smallest absolute Gasteiger partial charge is 0.239 e. The maximum atomic E-state index is 13.5. The molecule has 0 aliphatic heterocycles. The number of thiophene rings is 1. The van der Waals surface area contributed by atoms with Gasteiger partial charge in [-0.05, 0) is 23.6 Å². The molecule has 2 nitrogen and oxygen atoms in total. The fourth-order valence-electron chi connectivity index (χ4n) is 1.71. The van der Waals surface area contributed by atoms with Gasteiger partial charge in [0.1, 0.15) is 0 Å². The third kappa shape index (κ3) is 1.74. The fraction of sp³-hybridized carbons (Fsp3) is 0. The summed E-state index contributed by atoms with van der Waals surface area (Å²) in [6, 6.07) is 7.71. The van der Waals surface area contributed by atoms with Crippen LogP contribution in [0.25, 0.3) is 11.0 Å². The van der Waals surface area contributed by atoms with E-state index in [9.17, 15) is 9.18 Å². The average molecular weight is 281 g/mol. The first kappa shape index (κ1) is 11.4. The maximum Gasteiger partial charge on any atom is 0.239 e. The normalized spacial score (nSPS) is 11.0. The number of furan rings is 1. The van der Waals surface area contributed by atoms with E-state index in [4.69, 9.17) is 16.0 Å². The second-order valence-electron chi connectivity index (χ2n) is 3.70. The fourth-order valence-corrected chi connectivity index (χ4v) is 2.79. The molecule has 0 fully saturated rings. The van der Waals surface area contributed by atoms with Crippen molar-refractivity contribution in [3.8, 4) is 0 Å². The summed E-state index contributed by atoms with van der Waals surface area (Å²) in [4.78, 5) is 12.5. The van der Waals surface area contributed by atoms with Crippen molar-refractivity contribution in [3.05, 3.63) is 57.2 Å². The first-order valence-corrected chi connectivity index (χ1v) is 6.38. The van der Waals surface area contributed by atoms with Crippen LogP contribution in [0.3, 0.4) is 0 Å². The van der Waals surface area contributed by atoms with Gasteiger partial charge in [0.05, 0.1) is 9.90 Å². The lowest BCUT2D eigenvalue weighted by atomic mass is 10.2. The Labute approximate surface area is 111 Å². The van der Waals surface area contributed by atoms with Gasteiger partial charge in [-0.3, -0.25) is 4.79 Å². The number of ketones is 1. The predicted octanol–water partition coefficient (Wildman–Crippen LogP) is 4.52. The van der Waals surface area contributed by atoms with Crippen molar-refractivity contribution in [3.63, 3.8) is 0 Å². The summed E-state index contributed by atoms with van der Waals surface area (Å²) in [7, 11) is 0. The first-order valence-electron chi connectivity index (χ1n) is 5.12. The van der Waals surface area contributed by atoms with Crippen LogP contribution in [0.4, 0.5) is 4.39 Å². The van der Waals surface area contributed by atoms with Crippen molar-refractivity contribution in [2.45, 2.75) is 0 Å². The molecule has 0 amide bonds. The molecule has 0 aliphatic rings. The summed E-state index contributed by atoms with van der Waals surface area (Å²) in [6.45, 7) is 0. The van der Waals surface area contributed by atoms with Gasteiger partial charge in [-0.1, -0.05) is 23.7 Å². The Bertz CT molecular complexity index is 744. The first-order chi connectivity index (χ1) is 8.66. The number of para-hydroxylation sites is 1. The highest BCUT2D eigenvalue weighted by atomic mass is 35.5. The van der Waals surface area contributed by atoms with Crippen molar-refractivity contribution in [1.29, 1.82) is 0 Å². The van der Waals surface area contributed by atoms with E-state index in [1.165, 1.54) is 23.5 Å². The second-order valence-corrected chi connectivity index (χ2v) is 5.02. The van der Waals surface area contributed by atoms with Gasteiger partial charge >= 0.3 is 0 Å². The van der Waals surface area contributed by atoms with E-state index in [1.807, 2.05) is 0 Å². The molecule has 0 saturated heterocycles. The molecule has 5 heteroatoms. The van der Waals surface area contributed by atoms with Gasteiger partial charge in [0.15, 0.2) is 17.2 Å². The molecule has 0 N–H and O–H groups in total. The topological polar surface area (TPSA) is 30.2 Å². The zero-order valence-electron chi connectivity index (χ0n) is 8.94. The van der Waals surface area contributed by atoms with Gasteiger partial charge < -0.3 is 4.42 Å². The predicted molar refractivity (Wildman–Crippen MR) is 68.9 cm³/mol. The lowest BCUT2D eigenvalue weighted by Crippen LogP contribution is -1.96. The standard InChI is InChI=1S/C13H6ClFO2S/c14-8-4-5-18-13(8)11(16)10-6-7-2-1-3-9(15)12(7)17-10/h1-6H. The number of carbonyl (C=O) groups is 1. The van der Waals surface area contributed by atoms with Gasteiger partial charge in [-0.25, -0.2) is 4.39 Å². The Morgan fingerprint density at radius 2 is 2.17 bits per heavy atom. The van der Waals surface area contributed by atoms with Crippen LogP contribution in [0.2, 0.25) is 5.02 Å². The molecule has 0 radical (unpaired) electrons. The zero-order valence-corrected chi connectivity index (χ0v) is 10.5. The molecule has 3 rings (SSSR count). The lowest BCUT2D eigenvalue weighted by molar-refractivity contribution is 0.101. The Hall–Kier alpha value is -1.65. The molecule has 18 heavy (non-hydrogen) atoms. The SMILES string of the molecule is O=C(c1cc2cccc(F)c2o1)c1sccc1Cl.